The van der Waals surface area contributed by atoms with Gasteiger partial charge in [-0.05, 0) is 57.0 Å². The summed E-state index contributed by atoms with van der Waals surface area (Å²) in [7, 11) is -4.34. The van der Waals surface area contributed by atoms with Crippen LogP contribution in [-0.2, 0) is 40.4 Å². The predicted molar refractivity (Wildman–Crippen MR) is 165 cm³/mol. The Hall–Kier alpha value is -5.11. The van der Waals surface area contributed by atoms with E-state index in [0.717, 1.165) is 5.56 Å². The number of amides is 1. The first-order valence-electron chi connectivity index (χ1n) is 13.8. The highest BCUT2D eigenvalue weighted by atomic mass is 32.2. The molecule has 0 fully saturated rings. The third-order valence-corrected chi connectivity index (χ3v) is 7.15. The van der Waals surface area contributed by atoms with Gasteiger partial charge in [0.1, 0.15) is 24.3 Å². The van der Waals surface area contributed by atoms with Crippen LogP contribution < -0.4 is 10.0 Å². The summed E-state index contributed by atoms with van der Waals surface area (Å²) < 4.78 is 43.8. The van der Waals surface area contributed by atoms with Gasteiger partial charge in [-0.1, -0.05) is 42.5 Å². The predicted octanol–water partition coefficient (Wildman–Crippen LogP) is 3.92. The number of nitrogens with zero attached hydrogens (tertiary/aromatic N) is 3. The second-order valence-corrected chi connectivity index (χ2v) is 12.7. The number of aromatic nitrogens is 3. The maximum Gasteiger partial charge on any atom is 0.408 e. The number of alkyl carbamates (subject to hydrolysis) is 1. The van der Waals surface area contributed by atoms with Gasteiger partial charge in [0, 0.05) is 17.8 Å². The molecule has 3 aromatic heterocycles. The molecule has 45 heavy (non-hydrogen) atoms. The van der Waals surface area contributed by atoms with Crippen molar-refractivity contribution in [1.82, 2.24) is 20.3 Å². The normalized spacial score (nSPS) is 12.2. The van der Waals surface area contributed by atoms with Crippen molar-refractivity contribution in [2.24, 2.45) is 0 Å². The molecule has 1 aromatic carbocycles. The van der Waals surface area contributed by atoms with Gasteiger partial charge in [0.2, 0.25) is 10.0 Å². The largest absolute Gasteiger partial charge is 0.462 e. The van der Waals surface area contributed by atoms with Crippen LogP contribution in [-0.4, -0.2) is 65.4 Å². The van der Waals surface area contributed by atoms with Crippen molar-refractivity contribution in [1.29, 1.82) is 0 Å². The molecule has 4 aromatic rings. The molecule has 0 bridgehead atoms. The molecule has 13 nitrogen and oxygen atoms in total. The number of benzene rings is 1. The Morgan fingerprint density at radius 1 is 0.911 bits per heavy atom. The first-order chi connectivity index (χ1) is 21.3. The molecule has 0 saturated heterocycles. The Labute approximate surface area is 260 Å². The third kappa shape index (κ3) is 9.69. The highest BCUT2D eigenvalue weighted by Gasteiger charge is 2.28. The number of carbonyl (C=O) groups is 3. The van der Waals surface area contributed by atoms with Gasteiger partial charge in [-0.2, -0.15) is 0 Å². The molecule has 0 spiro atoms. The fourth-order valence-corrected chi connectivity index (χ4v) is 4.92. The van der Waals surface area contributed by atoms with Crippen molar-refractivity contribution in [3.63, 3.8) is 0 Å². The Morgan fingerprint density at radius 2 is 1.67 bits per heavy atom. The van der Waals surface area contributed by atoms with Crippen molar-refractivity contribution >= 4 is 44.8 Å². The molecule has 3 heterocycles. The van der Waals surface area contributed by atoms with Gasteiger partial charge in [-0.15, -0.1) is 0 Å². The number of hydrogen-bond acceptors (Lipinski definition) is 11. The molecule has 0 aliphatic rings. The summed E-state index contributed by atoms with van der Waals surface area (Å²) >= 11 is 0. The molecule has 1 amide bonds. The number of sulfonamides is 1. The third-order valence-electron chi connectivity index (χ3n) is 6.03. The summed E-state index contributed by atoms with van der Waals surface area (Å²) in [6.07, 6.45) is 2.08. The maximum absolute atomic E-state index is 13.0. The van der Waals surface area contributed by atoms with Gasteiger partial charge in [-0.3, -0.25) is 14.5 Å². The number of carbonyl (C=O) groups excluding carboxylic acids is 3. The molecule has 0 aliphatic carbocycles. The van der Waals surface area contributed by atoms with Crippen molar-refractivity contribution in [2.75, 3.05) is 17.1 Å². The second-order valence-electron chi connectivity index (χ2n) is 10.9. The van der Waals surface area contributed by atoms with Crippen LogP contribution in [0, 0.1) is 6.92 Å². The SMILES string of the molecule is Cc1cccnc1-c1ccc2ccnc(NS(=O)(=O)CC(=O)OCC(NC(=O)OC(C)(C)C)C(=O)OCc3ccccc3)c2n1. The van der Waals surface area contributed by atoms with E-state index >= 15 is 0 Å². The molecule has 14 heteroatoms. The molecule has 236 valence electrons. The topological polar surface area (TPSA) is 176 Å². The first-order valence-corrected chi connectivity index (χ1v) is 15.5. The zero-order chi connectivity index (χ0) is 32.6. The molecular formula is C31H33N5O8S. The lowest BCUT2D eigenvalue weighted by molar-refractivity contribution is -0.152. The number of esters is 2. The van der Waals surface area contributed by atoms with Crippen LogP contribution in [0.3, 0.4) is 0 Å². The standard InChI is InChI=1S/C31H33N5O8S/c1-20-9-8-15-32-26(20)23-13-12-22-14-16-33-28(27(22)34-23)36-45(40,41)19-25(37)42-18-24(35-30(39)44-31(2,3)4)29(38)43-17-21-10-6-5-7-11-21/h5-16,24H,17-19H2,1-4H3,(H,33,36)(H,35,39). The molecule has 4 rings (SSSR count). The molecule has 1 unspecified atom stereocenters. The van der Waals surface area contributed by atoms with Gasteiger partial charge in [0.15, 0.2) is 17.6 Å². The molecule has 1 atom stereocenters. The van der Waals surface area contributed by atoms with Crippen LogP contribution >= 0.6 is 0 Å². The van der Waals surface area contributed by atoms with E-state index in [-0.39, 0.29) is 17.9 Å². The van der Waals surface area contributed by atoms with E-state index in [1.54, 1.807) is 81.6 Å². The molecular weight excluding hydrogens is 602 g/mol. The fourth-order valence-electron chi connectivity index (χ4n) is 4.01. The summed E-state index contributed by atoms with van der Waals surface area (Å²) in [5.74, 6) is -3.30. The number of pyridine rings is 3. The summed E-state index contributed by atoms with van der Waals surface area (Å²) in [5.41, 5.74) is 2.07. The van der Waals surface area contributed by atoms with E-state index in [1.165, 1.54) is 6.20 Å². The number of nitrogens with one attached hydrogen (secondary N) is 2. The van der Waals surface area contributed by atoms with Gasteiger partial charge in [0.25, 0.3) is 0 Å². The Morgan fingerprint density at radius 3 is 2.38 bits per heavy atom. The summed E-state index contributed by atoms with van der Waals surface area (Å²) in [4.78, 5) is 50.8. The lowest BCUT2D eigenvalue weighted by Gasteiger charge is -2.23. The van der Waals surface area contributed by atoms with Crippen molar-refractivity contribution in [3.8, 4) is 11.4 Å². The summed E-state index contributed by atoms with van der Waals surface area (Å²) in [5, 5.41) is 2.91. The van der Waals surface area contributed by atoms with E-state index < -0.39 is 52.1 Å². The minimum atomic E-state index is -4.34. The zero-order valence-electron chi connectivity index (χ0n) is 25.1. The quantitative estimate of drug-likeness (QED) is 0.180. The van der Waals surface area contributed by atoms with Crippen molar-refractivity contribution in [3.05, 3.63) is 84.2 Å². The van der Waals surface area contributed by atoms with Crippen molar-refractivity contribution < 1.29 is 37.0 Å². The van der Waals surface area contributed by atoms with Crippen LogP contribution in [0.5, 0.6) is 0 Å². The number of anilines is 1. The monoisotopic (exact) mass is 635 g/mol. The van der Waals surface area contributed by atoms with Crippen LogP contribution in [0.15, 0.2) is 73.1 Å². The van der Waals surface area contributed by atoms with Gasteiger partial charge >= 0.3 is 18.0 Å². The van der Waals surface area contributed by atoms with Gasteiger partial charge < -0.3 is 19.5 Å². The average molecular weight is 636 g/mol. The van der Waals surface area contributed by atoms with E-state index in [2.05, 4.69) is 25.0 Å². The minimum Gasteiger partial charge on any atom is -0.462 e. The van der Waals surface area contributed by atoms with E-state index in [9.17, 15) is 22.8 Å². The van der Waals surface area contributed by atoms with Crippen LogP contribution in [0.1, 0.15) is 31.9 Å². The number of hydrogen-bond donors (Lipinski definition) is 2. The van der Waals surface area contributed by atoms with E-state index in [0.29, 0.717) is 22.3 Å². The number of ether oxygens (including phenoxy) is 3. The fraction of sp³-hybridized carbons (Fsp3) is 0.290. The highest BCUT2D eigenvalue weighted by Crippen LogP contribution is 2.25. The summed E-state index contributed by atoms with van der Waals surface area (Å²) in [6.45, 7) is 5.97. The Bertz CT molecular complexity index is 1790. The Kier molecular flexibility index (Phi) is 10.3. The number of rotatable bonds is 11. The molecule has 0 aliphatic heterocycles. The minimum absolute atomic E-state index is 0.0929. The number of fused-ring (bicyclic) bond motifs is 1. The lowest BCUT2D eigenvalue weighted by Crippen LogP contribution is -2.47. The van der Waals surface area contributed by atoms with Crippen LogP contribution in [0.2, 0.25) is 0 Å². The van der Waals surface area contributed by atoms with E-state index in [1.807, 2.05) is 13.0 Å². The molecule has 2 N–H and O–H groups in total. The smallest absolute Gasteiger partial charge is 0.408 e. The number of aryl methyl sites for hydroxylation is 1. The average Bonchev–Trinajstić information content (AvgIpc) is 2.97. The highest BCUT2D eigenvalue weighted by molar-refractivity contribution is 7.93. The van der Waals surface area contributed by atoms with Crippen LogP contribution in [0.25, 0.3) is 22.3 Å². The van der Waals surface area contributed by atoms with Gasteiger partial charge in [0.05, 0.1) is 11.4 Å². The van der Waals surface area contributed by atoms with Crippen LogP contribution in [0.4, 0.5) is 10.6 Å². The maximum atomic E-state index is 13.0. The molecule has 0 radical (unpaired) electrons. The second kappa shape index (κ2) is 14.1. The van der Waals surface area contributed by atoms with Gasteiger partial charge in [-0.25, -0.2) is 28.0 Å². The Balaban J connectivity index is 1.43. The first kappa shape index (κ1) is 32.8. The van der Waals surface area contributed by atoms with Crippen molar-refractivity contribution in [2.45, 2.75) is 45.9 Å². The zero-order valence-corrected chi connectivity index (χ0v) is 26.0. The lowest BCUT2D eigenvalue weighted by atomic mass is 10.1. The molecule has 0 saturated carbocycles. The van der Waals surface area contributed by atoms with E-state index in [4.69, 9.17) is 14.2 Å². The summed E-state index contributed by atoms with van der Waals surface area (Å²) in [6, 6.07) is 16.2.